The highest BCUT2D eigenvalue weighted by Gasteiger charge is 2.06. The lowest BCUT2D eigenvalue weighted by atomic mass is 10.1. The van der Waals surface area contributed by atoms with E-state index in [1.165, 1.54) is 12.1 Å². The monoisotopic (exact) mass is 237 g/mol. The minimum absolute atomic E-state index is 0.0928. The van der Waals surface area contributed by atoms with Gasteiger partial charge in [-0.3, -0.25) is 4.79 Å². The van der Waals surface area contributed by atoms with Crippen molar-refractivity contribution in [3.8, 4) is 5.75 Å². The smallest absolute Gasteiger partial charge is 0.335 e. The van der Waals surface area contributed by atoms with Crippen molar-refractivity contribution in [3.63, 3.8) is 0 Å². The first-order valence-electron chi connectivity index (χ1n) is 5.22. The number of hydrogen-bond donors (Lipinski definition) is 2. The molecule has 1 aromatic carbocycles. The molecule has 1 aromatic rings. The lowest BCUT2D eigenvalue weighted by Crippen LogP contribution is -2.20. The van der Waals surface area contributed by atoms with Gasteiger partial charge in [0, 0.05) is 7.05 Å². The zero-order valence-electron chi connectivity index (χ0n) is 9.82. The van der Waals surface area contributed by atoms with Crippen LogP contribution in [0.3, 0.4) is 0 Å². The zero-order valence-corrected chi connectivity index (χ0v) is 9.82. The molecule has 0 heterocycles. The number of carboxylic acid groups (broad SMARTS) is 1. The van der Waals surface area contributed by atoms with E-state index in [2.05, 4.69) is 5.32 Å². The molecule has 17 heavy (non-hydrogen) atoms. The molecule has 2 N–H and O–H groups in total. The van der Waals surface area contributed by atoms with Crippen LogP contribution in [-0.2, 0) is 4.79 Å². The Balaban J connectivity index is 2.60. The van der Waals surface area contributed by atoms with Gasteiger partial charge in [0.2, 0.25) is 5.91 Å². The predicted octanol–water partition coefficient (Wildman–Crippen LogP) is 1.21. The van der Waals surface area contributed by atoms with Gasteiger partial charge in [0.15, 0.2) is 0 Å². The first-order chi connectivity index (χ1) is 8.04. The number of carboxylic acids is 1. The van der Waals surface area contributed by atoms with Crippen molar-refractivity contribution in [1.29, 1.82) is 0 Å². The highest BCUT2D eigenvalue weighted by atomic mass is 16.5. The number of carbonyl (C=O) groups is 2. The topological polar surface area (TPSA) is 75.6 Å². The van der Waals surface area contributed by atoms with E-state index in [1.54, 1.807) is 20.0 Å². The summed E-state index contributed by atoms with van der Waals surface area (Å²) in [6, 6.07) is 4.62. The van der Waals surface area contributed by atoms with E-state index < -0.39 is 5.97 Å². The molecule has 92 valence electrons. The Morgan fingerprint density at radius 2 is 2.12 bits per heavy atom. The van der Waals surface area contributed by atoms with Crippen molar-refractivity contribution < 1.29 is 19.4 Å². The van der Waals surface area contributed by atoms with Gasteiger partial charge in [0.1, 0.15) is 5.75 Å². The Bertz CT molecular complexity index is 429. The molecule has 5 nitrogen and oxygen atoms in total. The molecule has 0 atom stereocenters. The number of benzene rings is 1. The fraction of sp³-hybridized carbons (Fsp3) is 0.333. The number of rotatable bonds is 5. The van der Waals surface area contributed by atoms with Gasteiger partial charge in [-0.1, -0.05) is 0 Å². The Kier molecular flexibility index (Phi) is 4.51. The molecule has 1 amide bonds. The van der Waals surface area contributed by atoms with Crippen molar-refractivity contribution in [1.82, 2.24) is 5.32 Å². The summed E-state index contributed by atoms with van der Waals surface area (Å²) in [6.45, 7) is 2.04. The standard InChI is InChI=1S/C12H15NO4/c1-8-7-9(12(15)16)3-4-10(8)17-6-5-11(14)13-2/h3-4,7H,5-6H2,1-2H3,(H,13,14)(H,15,16). The largest absolute Gasteiger partial charge is 0.493 e. The van der Waals surface area contributed by atoms with Crippen LogP contribution in [0.15, 0.2) is 18.2 Å². The second-order valence-corrected chi connectivity index (χ2v) is 3.56. The summed E-state index contributed by atoms with van der Waals surface area (Å²) in [5, 5.41) is 11.3. The molecule has 0 aliphatic rings. The highest BCUT2D eigenvalue weighted by molar-refractivity contribution is 5.88. The van der Waals surface area contributed by atoms with Crippen LogP contribution in [0.2, 0.25) is 0 Å². The molecule has 0 aliphatic carbocycles. The van der Waals surface area contributed by atoms with Gasteiger partial charge in [-0.2, -0.15) is 0 Å². The Morgan fingerprint density at radius 1 is 1.41 bits per heavy atom. The summed E-state index contributed by atoms with van der Waals surface area (Å²) < 4.78 is 5.39. The van der Waals surface area contributed by atoms with Crippen LogP contribution in [0.5, 0.6) is 5.75 Å². The lowest BCUT2D eigenvalue weighted by molar-refractivity contribution is -0.121. The van der Waals surface area contributed by atoms with E-state index in [1.807, 2.05) is 0 Å². The van der Waals surface area contributed by atoms with Crippen LogP contribution in [0, 0.1) is 6.92 Å². The van der Waals surface area contributed by atoms with E-state index >= 15 is 0 Å². The van der Waals surface area contributed by atoms with Crippen molar-refractivity contribution in [2.24, 2.45) is 0 Å². The van der Waals surface area contributed by atoms with Crippen molar-refractivity contribution in [2.45, 2.75) is 13.3 Å². The maximum Gasteiger partial charge on any atom is 0.335 e. The van der Waals surface area contributed by atoms with Gasteiger partial charge in [-0.05, 0) is 30.7 Å². The average molecular weight is 237 g/mol. The molecular formula is C12H15NO4. The van der Waals surface area contributed by atoms with Gasteiger partial charge >= 0.3 is 5.97 Å². The minimum Gasteiger partial charge on any atom is -0.493 e. The number of hydrogen-bond acceptors (Lipinski definition) is 3. The third-order valence-electron chi connectivity index (χ3n) is 2.29. The molecule has 1 rings (SSSR count). The van der Waals surface area contributed by atoms with Crippen LogP contribution in [0.4, 0.5) is 0 Å². The normalized spacial score (nSPS) is 9.76. The quantitative estimate of drug-likeness (QED) is 0.807. The molecule has 0 unspecified atom stereocenters. The summed E-state index contributed by atoms with van der Waals surface area (Å²) >= 11 is 0. The fourth-order valence-corrected chi connectivity index (χ4v) is 1.32. The minimum atomic E-state index is -0.968. The molecule has 0 saturated carbocycles. The highest BCUT2D eigenvalue weighted by Crippen LogP contribution is 2.19. The maximum absolute atomic E-state index is 11.0. The van der Waals surface area contributed by atoms with Crippen LogP contribution < -0.4 is 10.1 Å². The third-order valence-corrected chi connectivity index (χ3v) is 2.29. The molecule has 0 aliphatic heterocycles. The lowest BCUT2D eigenvalue weighted by Gasteiger charge is -2.09. The van der Waals surface area contributed by atoms with Crippen LogP contribution in [0.1, 0.15) is 22.3 Å². The number of amides is 1. The van der Waals surface area contributed by atoms with Gasteiger partial charge in [-0.25, -0.2) is 4.79 Å². The molecule has 0 saturated heterocycles. The molecule has 0 radical (unpaired) electrons. The SMILES string of the molecule is CNC(=O)CCOc1ccc(C(=O)O)cc1C. The fourth-order valence-electron chi connectivity index (χ4n) is 1.32. The molecule has 5 heteroatoms. The molecular weight excluding hydrogens is 222 g/mol. The van der Waals surface area contributed by atoms with E-state index in [0.29, 0.717) is 5.75 Å². The first kappa shape index (κ1) is 13.0. The summed E-state index contributed by atoms with van der Waals surface area (Å²) in [6.07, 6.45) is 0.274. The number of aryl methyl sites for hydroxylation is 1. The zero-order chi connectivity index (χ0) is 12.8. The second-order valence-electron chi connectivity index (χ2n) is 3.56. The molecule has 0 aromatic heterocycles. The molecule has 0 bridgehead atoms. The van der Waals surface area contributed by atoms with Crippen molar-refractivity contribution in [3.05, 3.63) is 29.3 Å². The van der Waals surface area contributed by atoms with Crippen LogP contribution >= 0.6 is 0 Å². The van der Waals surface area contributed by atoms with Gasteiger partial charge in [-0.15, -0.1) is 0 Å². The van der Waals surface area contributed by atoms with E-state index in [0.717, 1.165) is 5.56 Å². The second kappa shape index (κ2) is 5.89. The van der Waals surface area contributed by atoms with Gasteiger partial charge in [0.25, 0.3) is 0 Å². The van der Waals surface area contributed by atoms with Gasteiger partial charge in [0.05, 0.1) is 18.6 Å². The van der Waals surface area contributed by atoms with E-state index in [9.17, 15) is 9.59 Å². The first-order valence-corrected chi connectivity index (χ1v) is 5.22. The third kappa shape index (κ3) is 3.79. The van der Waals surface area contributed by atoms with Gasteiger partial charge < -0.3 is 15.2 Å². The molecule has 0 fully saturated rings. The predicted molar refractivity (Wildman–Crippen MR) is 62.3 cm³/mol. The van der Waals surface area contributed by atoms with E-state index in [4.69, 9.17) is 9.84 Å². The summed E-state index contributed by atoms with van der Waals surface area (Å²) in [5.74, 6) is -0.464. The number of nitrogens with one attached hydrogen (secondary N) is 1. The molecule has 0 spiro atoms. The van der Waals surface area contributed by atoms with E-state index in [-0.39, 0.29) is 24.5 Å². The number of ether oxygens (including phenoxy) is 1. The summed E-state index contributed by atoms with van der Waals surface area (Å²) in [5.41, 5.74) is 0.961. The Hall–Kier alpha value is -2.04. The van der Waals surface area contributed by atoms with Crippen molar-refractivity contribution >= 4 is 11.9 Å². The average Bonchev–Trinajstić information content (AvgIpc) is 2.30. The maximum atomic E-state index is 11.0. The number of aromatic carboxylic acids is 1. The van der Waals surface area contributed by atoms with Crippen molar-refractivity contribution in [2.75, 3.05) is 13.7 Å². The Morgan fingerprint density at radius 3 is 2.65 bits per heavy atom. The van der Waals surface area contributed by atoms with Crippen LogP contribution in [-0.4, -0.2) is 30.6 Å². The van der Waals surface area contributed by atoms with Crippen LogP contribution in [0.25, 0.3) is 0 Å². The summed E-state index contributed by atoms with van der Waals surface area (Å²) in [4.78, 5) is 21.7. The number of carbonyl (C=O) groups excluding carboxylic acids is 1. The summed E-state index contributed by atoms with van der Waals surface area (Å²) in [7, 11) is 1.56. The Labute approximate surface area is 99.4 Å².